The molecule has 3 N–H and O–H groups in total. The van der Waals surface area contributed by atoms with Gasteiger partial charge in [0.15, 0.2) is 0 Å². The minimum absolute atomic E-state index is 0.00201. The van der Waals surface area contributed by atoms with Gasteiger partial charge in [-0.3, -0.25) is 9.59 Å². The van der Waals surface area contributed by atoms with E-state index >= 15 is 0 Å². The Morgan fingerprint density at radius 1 is 1.00 bits per heavy atom. The molecule has 6 heteroatoms. The molecule has 0 aliphatic carbocycles. The quantitative estimate of drug-likeness (QED) is 0.718. The van der Waals surface area contributed by atoms with E-state index in [0.717, 1.165) is 17.2 Å². The minimum atomic E-state index is -0.501. The molecule has 0 saturated carbocycles. The number of halogens is 1. The lowest BCUT2D eigenvalue weighted by atomic mass is 10.1. The molecule has 0 saturated heterocycles. The van der Waals surface area contributed by atoms with Crippen molar-refractivity contribution < 1.29 is 19.1 Å². The molecule has 2 rings (SSSR count). The summed E-state index contributed by atoms with van der Waals surface area (Å²) in [6.45, 7) is 0.272. The molecular formula is C18H19FN2O3. The van der Waals surface area contributed by atoms with Gasteiger partial charge in [-0.15, -0.1) is 0 Å². The van der Waals surface area contributed by atoms with E-state index in [1.54, 1.807) is 0 Å². The monoisotopic (exact) mass is 330 g/mol. The van der Waals surface area contributed by atoms with Gasteiger partial charge in [-0.25, -0.2) is 4.39 Å². The van der Waals surface area contributed by atoms with Crippen LogP contribution in [0.25, 0.3) is 0 Å². The molecule has 0 unspecified atom stereocenters. The summed E-state index contributed by atoms with van der Waals surface area (Å²) in [6.07, 6.45) is 0.648. The summed E-state index contributed by atoms with van der Waals surface area (Å²) in [5.74, 6) is -1.31. The number of aliphatic hydroxyl groups is 1. The molecule has 0 aromatic heterocycles. The van der Waals surface area contributed by atoms with Crippen molar-refractivity contribution in [3.63, 3.8) is 0 Å². The fraction of sp³-hybridized carbons (Fsp3) is 0.222. The Balaban J connectivity index is 1.70. The molecule has 2 aromatic rings. The average Bonchev–Trinajstić information content (AvgIpc) is 2.60. The van der Waals surface area contributed by atoms with Gasteiger partial charge in [-0.05, 0) is 35.7 Å². The minimum Gasteiger partial charge on any atom is -0.392 e. The second-order valence-corrected chi connectivity index (χ2v) is 5.27. The molecule has 5 nitrogen and oxygen atoms in total. The van der Waals surface area contributed by atoms with Crippen molar-refractivity contribution in [3.8, 4) is 0 Å². The first-order chi connectivity index (χ1) is 11.6. The fourth-order valence-corrected chi connectivity index (χ4v) is 2.11. The second kappa shape index (κ2) is 8.79. The Morgan fingerprint density at radius 3 is 2.38 bits per heavy atom. The number of nitrogens with one attached hydrogen (secondary N) is 2. The number of amides is 2. The van der Waals surface area contributed by atoms with Crippen LogP contribution in [0.5, 0.6) is 0 Å². The number of carbonyl (C=O) groups is 2. The number of rotatable bonds is 7. The Hall–Kier alpha value is -2.73. The summed E-state index contributed by atoms with van der Waals surface area (Å²) >= 11 is 0. The molecule has 0 aliphatic heterocycles. The molecule has 0 fully saturated rings. The van der Waals surface area contributed by atoms with Crippen LogP contribution in [0.3, 0.4) is 0 Å². The Bertz CT molecular complexity index is 702. The smallest absolute Gasteiger partial charge is 0.251 e. The van der Waals surface area contributed by atoms with E-state index in [-0.39, 0.29) is 24.6 Å². The summed E-state index contributed by atoms with van der Waals surface area (Å²) in [6, 6.07) is 12.7. The number of hydrogen-bond donors (Lipinski definition) is 3. The van der Waals surface area contributed by atoms with E-state index in [1.165, 1.54) is 18.2 Å². The third kappa shape index (κ3) is 5.48. The van der Waals surface area contributed by atoms with Crippen LogP contribution in [-0.2, 0) is 17.8 Å². The zero-order valence-corrected chi connectivity index (χ0v) is 13.1. The van der Waals surface area contributed by atoms with Crippen molar-refractivity contribution in [2.24, 2.45) is 0 Å². The fourth-order valence-electron chi connectivity index (χ4n) is 2.11. The van der Waals surface area contributed by atoms with E-state index in [0.29, 0.717) is 13.0 Å². The van der Waals surface area contributed by atoms with Crippen molar-refractivity contribution in [2.75, 3.05) is 13.1 Å². The number of benzene rings is 2. The van der Waals surface area contributed by atoms with Gasteiger partial charge in [0.05, 0.1) is 13.2 Å². The highest BCUT2D eigenvalue weighted by Crippen LogP contribution is 2.05. The van der Waals surface area contributed by atoms with E-state index in [9.17, 15) is 14.0 Å². The summed E-state index contributed by atoms with van der Waals surface area (Å²) < 4.78 is 13.0. The third-order valence-electron chi connectivity index (χ3n) is 3.44. The number of carbonyl (C=O) groups excluding carboxylic acids is 2. The van der Waals surface area contributed by atoms with Crippen LogP contribution in [0.1, 0.15) is 21.5 Å². The molecule has 0 heterocycles. The van der Waals surface area contributed by atoms with Crippen molar-refractivity contribution in [3.05, 3.63) is 71.0 Å². The molecule has 0 spiro atoms. The van der Waals surface area contributed by atoms with Crippen molar-refractivity contribution >= 4 is 11.8 Å². The van der Waals surface area contributed by atoms with Crippen LogP contribution >= 0.6 is 0 Å². The van der Waals surface area contributed by atoms with Gasteiger partial charge in [-0.1, -0.05) is 30.3 Å². The first-order valence-corrected chi connectivity index (χ1v) is 7.57. The van der Waals surface area contributed by atoms with Gasteiger partial charge >= 0.3 is 0 Å². The number of hydrogen-bond acceptors (Lipinski definition) is 3. The highest BCUT2D eigenvalue weighted by atomic mass is 19.1. The first kappa shape index (κ1) is 17.6. The summed E-state index contributed by atoms with van der Waals surface area (Å²) in [5.41, 5.74) is 2.05. The molecule has 0 aliphatic rings. The standard InChI is InChI=1S/C18H19FN2O3/c19-16-3-1-2-15(10-16)18(24)21-11-17(23)20-9-8-13-4-6-14(12-22)7-5-13/h1-7,10,22H,8-9,11-12H2,(H,20,23)(H,21,24). The van der Waals surface area contributed by atoms with E-state index in [4.69, 9.17) is 5.11 Å². The molecule has 0 atom stereocenters. The van der Waals surface area contributed by atoms with Gasteiger partial charge in [-0.2, -0.15) is 0 Å². The predicted octanol–water partition coefficient (Wildman–Crippen LogP) is 1.41. The average molecular weight is 330 g/mol. The Morgan fingerprint density at radius 2 is 1.71 bits per heavy atom. The Kier molecular flexibility index (Phi) is 6.45. The van der Waals surface area contributed by atoms with E-state index in [1.807, 2.05) is 24.3 Å². The third-order valence-corrected chi connectivity index (χ3v) is 3.44. The van der Waals surface area contributed by atoms with Crippen molar-refractivity contribution in [2.45, 2.75) is 13.0 Å². The van der Waals surface area contributed by atoms with Crippen LogP contribution < -0.4 is 10.6 Å². The second-order valence-electron chi connectivity index (χ2n) is 5.27. The lowest BCUT2D eigenvalue weighted by Crippen LogP contribution is -2.37. The van der Waals surface area contributed by atoms with Gasteiger partial charge in [0.2, 0.25) is 5.91 Å². The maximum Gasteiger partial charge on any atom is 0.251 e. The predicted molar refractivity (Wildman–Crippen MR) is 87.8 cm³/mol. The van der Waals surface area contributed by atoms with Gasteiger partial charge in [0.25, 0.3) is 5.91 Å². The normalized spacial score (nSPS) is 10.2. The van der Waals surface area contributed by atoms with Crippen LogP contribution in [-0.4, -0.2) is 30.0 Å². The maximum absolute atomic E-state index is 13.0. The van der Waals surface area contributed by atoms with Crippen molar-refractivity contribution in [1.29, 1.82) is 0 Å². The lowest BCUT2D eigenvalue weighted by molar-refractivity contribution is -0.120. The molecule has 126 valence electrons. The van der Waals surface area contributed by atoms with E-state index < -0.39 is 11.7 Å². The molecule has 2 aromatic carbocycles. The highest BCUT2D eigenvalue weighted by Gasteiger charge is 2.08. The summed E-state index contributed by atoms with van der Waals surface area (Å²) in [7, 11) is 0. The largest absolute Gasteiger partial charge is 0.392 e. The van der Waals surface area contributed by atoms with Crippen LogP contribution in [0, 0.1) is 5.82 Å². The molecule has 2 amide bonds. The lowest BCUT2D eigenvalue weighted by Gasteiger charge is -2.07. The summed E-state index contributed by atoms with van der Waals surface area (Å²) in [4.78, 5) is 23.5. The molecule has 24 heavy (non-hydrogen) atoms. The van der Waals surface area contributed by atoms with Gasteiger partial charge < -0.3 is 15.7 Å². The molecule has 0 radical (unpaired) electrons. The topological polar surface area (TPSA) is 78.4 Å². The SMILES string of the molecule is O=C(CNC(=O)c1cccc(F)c1)NCCc1ccc(CO)cc1. The summed E-state index contributed by atoms with van der Waals surface area (Å²) in [5, 5.41) is 14.1. The molecule has 0 bridgehead atoms. The van der Waals surface area contributed by atoms with Crippen LogP contribution in [0.15, 0.2) is 48.5 Å². The zero-order valence-electron chi connectivity index (χ0n) is 13.1. The highest BCUT2D eigenvalue weighted by molar-refractivity contribution is 5.96. The maximum atomic E-state index is 13.0. The zero-order chi connectivity index (χ0) is 17.4. The van der Waals surface area contributed by atoms with Crippen LogP contribution in [0.2, 0.25) is 0 Å². The van der Waals surface area contributed by atoms with Crippen LogP contribution in [0.4, 0.5) is 4.39 Å². The molecular weight excluding hydrogens is 311 g/mol. The van der Waals surface area contributed by atoms with Gasteiger partial charge in [0.1, 0.15) is 5.82 Å². The Labute approximate surface area is 139 Å². The van der Waals surface area contributed by atoms with Crippen molar-refractivity contribution in [1.82, 2.24) is 10.6 Å². The van der Waals surface area contributed by atoms with Gasteiger partial charge in [0, 0.05) is 12.1 Å². The van der Waals surface area contributed by atoms with E-state index in [2.05, 4.69) is 10.6 Å². The first-order valence-electron chi connectivity index (χ1n) is 7.57. The number of aliphatic hydroxyl groups excluding tert-OH is 1.